The van der Waals surface area contributed by atoms with Crippen LogP contribution in [-0.2, 0) is 4.79 Å². The van der Waals surface area contributed by atoms with E-state index in [2.05, 4.69) is 27.4 Å². The van der Waals surface area contributed by atoms with Crippen molar-refractivity contribution in [1.82, 2.24) is 25.3 Å². The van der Waals surface area contributed by atoms with Crippen LogP contribution in [0, 0.1) is 0 Å². The molecule has 0 aromatic rings. The Hall–Kier alpha value is -1.34. The molecule has 2 N–H and O–H groups in total. The number of piperidine rings is 1. The number of aliphatic imine (C=N–C) groups is 1. The molecule has 2 atom stereocenters. The van der Waals surface area contributed by atoms with Crippen LogP contribution in [0.1, 0.15) is 19.8 Å². The lowest BCUT2D eigenvalue weighted by Crippen LogP contribution is -2.62. The molecule has 4 saturated heterocycles. The van der Waals surface area contributed by atoms with E-state index in [9.17, 15) is 4.79 Å². The van der Waals surface area contributed by atoms with Crippen LogP contribution in [0.15, 0.2) is 4.99 Å². The number of fused-ring (bicyclic) bond motifs is 3. The normalized spacial score (nSPS) is 34.6. The predicted octanol–water partition coefficient (Wildman–Crippen LogP) is -0.838. The van der Waals surface area contributed by atoms with Crippen molar-refractivity contribution >= 4 is 11.9 Å². The number of carbonyl (C=O) groups excluding carboxylic acids is 1. The lowest BCUT2D eigenvalue weighted by atomic mass is 10.1. The van der Waals surface area contributed by atoms with E-state index in [1.165, 1.54) is 26.2 Å². The lowest BCUT2D eigenvalue weighted by molar-refractivity contribution is -0.132. The molecule has 0 saturated carbocycles. The molecule has 7 nitrogen and oxygen atoms in total. The summed E-state index contributed by atoms with van der Waals surface area (Å²) in [6, 6.07) is 0.839. The zero-order chi connectivity index (χ0) is 16.2. The number of hydrogen-bond acceptors (Lipinski definition) is 4. The SMILES string of the molecule is CCNC(=NCC1CN2CCN1CC2)NC1CCC(=O)N(C)C1. The third-order valence-corrected chi connectivity index (χ3v) is 5.16. The summed E-state index contributed by atoms with van der Waals surface area (Å²) in [6.07, 6.45) is 1.51. The number of nitrogens with zero attached hydrogens (tertiary/aromatic N) is 4. The summed E-state index contributed by atoms with van der Waals surface area (Å²) >= 11 is 0. The van der Waals surface area contributed by atoms with E-state index in [4.69, 9.17) is 4.99 Å². The first-order valence-corrected chi connectivity index (χ1v) is 8.91. The molecule has 1 amide bonds. The van der Waals surface area contributed by atoms with Crippen molar-refractivity contribution in [3.8, 4) is 0 Å². The number of guanidine groups is 1. The van der Waals surface area contributed by atoms with Crippen molar-refractivity contribution in [2.75, 3.05) is 59.4 Å². The largest absolute Gasteiger partial charge is 0.357 e. The highest BCUT2D eigenvalue weighted by Gasteiger charge is 2.31. The second-order valence-electron chi connectivity index (χ2n) is 6.86. The fourth-order valence-corrected chi connectivity index (χ4v) is 3.74. The molecule has 130 valence electrons. The molecule has 4 rings (SSSR count). The highest BCUT2D eigenvalue weighted by Crippen LogP contribution is 2.15. The number of rotatable bonds is 4. The van der Waals surface area contributed by atoms with Crippen LogP contribution in [0.3, 0.4) is 0 Å². The van der Waals surface area contributed by atoms with Gasteiger partial charge < -0.3 is 15.5 Å². The van der Waals surface area contributed by atoms with Crippen LogP contribution in [0.25, 0.3) is 0 Å². The van der Waals surface area contributed by atoms with Crippen LogP contribution < -0.4 is 10.6 Å². The zero-order valence-corrected chi connectivity index (χ0v) is 14.4. The Bertz CT molecular complexity index is 446. The van der Waals surface area contributed by atoms with E-state index in [1.54, 1.807) is 0 Å². The standard InChI is InChI=1S/C16H30N6O/c1-3-17-16(19-13-4-5-15(23)20(2)11-13)18-10-14-12-21-6-8-22(14)9-7-21/h13-14H,3-12H2,1-2H3,(H2,17,18,19). The van der Waals surface area contributed by atoms with Crippen molar-refractivity contribution in [2.45, 2.75) is 31.8 Å². The van der Waals surface area contributed by atoms with Crippen LogP contribution in [0.2, 0.25) is 0 Å². The predicted molar refractivity (Wildman–Crippen MR) is 91.6 cm³/mol. The minimum absolute atomic E-state index is 0.241. The maximum Gasteiger partial charge on any atom is 0.222 e. The summed E-state index contributed by atoms with van der Waals surface area (Å²) in [5.41, 5.74) is 0. The Morgan fingerprint density at radius 2 is 2.04 bits per heavy atom. The first kappa shape index (κ1) is 16.5. The Balaban J connectivity index is 1.54. The number of piperazine rings is 3. The maximum absolute atomic E-state index is 11.6. The van der Waals surface area contributed by atoms with Crippen molar-refractivity contribution < 1.29 is 4.79 Å². The van der Waals surface area contributed by atoms with Crippen LogP contribution >= 0.6 is 0 Å². The third kappa shape index (κ3) is 4.14. The topological polar surface area (TPSA) is 63.2 Å². The van der Waals surface area contributed by atoms with Gasteiger partial charge in [-0.3, -0.25) is 19.6 Å². The molecular formula is C16H30N6O. The fraction of sp³-hybridized carbons (Fsp3) is 0.875. The molecular weight excluding hydrogens is 292 g/mol. The van der Waals surface area contributed by atoms with Gasteiger partial charge >= 0.3 is 0 Å². The van der Waals surface area contributed by atoms with Gasteiger partial charge in [0, 0.05) is 71.4 Å². The van der Waals surface area contributed by atoms with Crippen molar-refractivity contribution in [2.24, 2.45) is 4.99 Å². The molecule has 4 heterocycles. The average Bonchev–Trinajstić information content (AvgIpc) is 2.57. The van der Waals surface area contributed by atoms with Crippen LogP contribution in [0.4, 0.5) is 0 Å². The molecule has 0 radical (unpaired) electrons. The first-order chi connectivity index (χ1) is 11.2. The van der Waals surface area contributed by atoms with E-state index >= 15 is 0 Å². The number of amides is 1. The van der Waals surface area contributed by atoms with Crippen molar-refractivity contribution in [3.63, 3.8) is 0 Å². The van der Waals surface area contributed by atoms with Gasteiger partial charge in [-0.2, -0.15) is 0 Å². The number of hydrogen-bond donors (Lipinski definition) is 2. The minimum Gasteiger partial charge on any atom is -0.357 e. The minimum atomic E-state index is 0.241. The van der Waals surface area contributed by atoms with Gasteiger partial charge in [0.2, 0.25) is 5.91 Å². The number of carbonyl (C=O) groups is 1. The highest BCUT2D eigenvalue weighted by molar-refractivity contribution is 5.81. The average molecular weight is 322 g/mol. The molecule has 0 aromatic heterocycles. The van der Waals surface area contributed by atoms with Crippen molar-refractivity contribution in [3.05, 3.63) is 0 Å². The Morgan fingerprint density at radius 3 is 2.65 bits per heavy atom. The number of nitrogens with one attached hydrogen (secondary N) is 2. The van der Waals surface area contributed by atoms with Gasteiger partial charge in [0.25, 0.3) is 0 Å². The van der Waals surface area contributed by atoms with Gasteiger partial charge in [0.05, 0.1) is 6.54 Å². The number of likely N-dealkylation sites (tertiary alicyclic amines) is 1. The Labute approximate surface area is 139 Å². The molecule has 2 unspecified atom stereocenters. The number of likely N-dealkylation sites (N-methyl/N-ethyl adjacent to an activating group) is 1. The Kier molecular flexibility index (Phi) is 5.38. The molecule has 0 spiro atoms. The van der Waals surface area contributed by atoms with E-state index in [0.29, 0.717) is 18.5 Å². The van der Waals surface area contributed by atoms with E-state index < -0.39 is 0 Å². The van der Waals surface area contributed by atoms with Gasteiger partial charge in [0.1, 0.15) is 0 Å². The third-order valence-electron chi connectivity index (χ3n) is 5.16. The van der Waals surface area contributed by atoms with E-state index in [-0.39, 0.29) is 5.91 Å². The lowest BCUT2D eigenvalue weighted by Gasteiger charge is -2.47. The monoisotopic (exact) mass is 322 g/mol. The van der Waals surface area contributed by atoms with Gasteiger partial charge in [-0.15, -0.1) is 0 Å². The molecule has 4 fully saturated rings. The summed E-state index contributed by atoms with van der Waals surface area (Å²) in [7, 11) is 1.88. The summed E-state index contributed by atoms with van der Waals surface area (Å²) < 4.78 is 0. The second-order valence-corrected chi connectivity index (χ2v) is 6.86. The maximum atomic E-state index is 11.6. The van der Waals surface area contributed by atoms with Gasteiger partial charge in [0.15, 0.2) is 5.96 Å². The van der Waals surface area contributed by atoms with Gasteiger partial charge in [-0.05, 0) is 13.3 Å². The highest BCUT2D eigenvalue weighted by atomic mass is 16.2. The molecule has 4 aliphatic heterocycles. The Morgan fingerprint density at radius 1 is 1.26 bits per heavy atom. The molecule has 4 aliphatic rings. The summed E-state index contributed by atoms with van der Waals surface area (Å²) in [5, 5.41) is 6.85. The van der Waals surface area contributed by atoms with E-state index in [0.717, 1.165) is 38.6 Å². The summed E-state index contributed by atoms with van der Waals surface area (Å²) in [5.74, 6) is 1.13. The zero-order valence-electron chi connectivity index (χ0n) is 14.4. The summed E-state index contributed by atoms with van der Waals surface area (Å²) in [4.78, 5) is 23.3. The summed E-state index contributed by atoms with van der Waals surface area (Å²) in [6.45, 7) is 10.5. The van der Waals surface area contributed by atoms with E-state index in [1.807, 2.05) is 11.9 Å². The second kappa shape index (κ2) is 7.49. The van der Waals surface area contributed by atoms with Gasteiger partial charge in [-0.1, -0.05) is 0 Å². The molecule has 23 heavy (non-hydrogen) atoms. The van der Waals surface area contributed by atoms with Crippen LogP contribution in [-0.4, -0.2) is 98.1 Å². The molecule has 2 bridgehead atoms. The molecule has 0 aliphatic carbocycles. The van der Waals surface area contributed by atoms with Crippen molar-refractivity contribution in [1.29, 1.82) is 0 Å². The van der Waals surface area contributed by atoms with Gasteiger partial charge in [-0.25, -0.2) is 0 Å². The molecule has 0 aromatic carbocycles. The van der Waals surface area contributed by atoms with Crippen LogP contribution in [0.5, 0.6) is 0 Å². The first-order valence-electron chi connectivity index (χ1n) is 8.91. The molecule has 7 heteroatoms. The fourth-order valence-electron chi connectivity index (χ4n) is 3.74. The smallest absolute Gasteiger partial charge is 0.222 e. The quantitative estimate of drug-likeness (QED) is 0.522.